The van der Waals surface area contributed by atoms with E-state index in [1.54, 1.807) is 0 Å². The number of carbonyl (C=O) groups excluding carboxylic acids is 1. The molecule has 0 saturated heterocycles. The molecule has 3 heteroatoms. The zero-order valence-corrected chi connectivity index (χ0v) is 17.1. The third-order valence-corrected chi connectivity index (χ3v) is 4.51. The van der Waals surface area contributed by atoms with Gasteiger partial charge in [0, 0.05) is 13.1 Å². The first-order chi connectivity index (χ1) is 12.3. The van der Waals surface area contributed by atoms with Gasteiger partial charge in [0.1, 0.15) is 0 Å². The normalized spacial score (nSPS) is 11.1. The summed E-state index contributed by atoms with van der Waals surface area (Å²) in [6.07, 6.45) is 24.2. The van der Waals surface area contributed by atoms with Gasteiger partial charge in [-0.3, -0.25) is 0 Å². The van der Waals surface area contributed by atoms with Crippen molar-refractivity contribution in [3.05, 3.63) is 12.2 Å². The number of allylic oxidation sites excluding steroid dienone is 2. The fraction of sp³-hybridized carbons (Fsp3) is 0.864. The molecule has 0 aromatic heterocycles. The largest absolute Gasteiger partial charge is 0.338 e. The van der Waals surface area contributed by atoms with Gasteiger partial charge in [0.15, 0.2) is 0 Å². The molecular weight excluding hydrogens is 308 g/mol. The predicted octanol–water partition coefficient (Wildman–Crippen LogP) is 6.73. The lowest BCUT2D eigenvalue weighted by atomic mass is 10.1. The maximum atomic E-state index is 11.3. The maximum Gasteiger partial charge on any atom is 0.314 e. The first-order valence-electron chi connectivity index (χ1n) is 11.0. The fourth-order valence-corrected chi connectivity index (χ4v) is 2.88. The monoisotopic (exact) mass is 352 g/mol. The van der Waals surface area contributed by atoms with Crippen LogP contribution in [0, 0.1) is 0 Å². The predicted molar refractivity (Wildman–Crippen MR) is 111 cm³/mol. The SMILES string of the molecule is CCCCCCCCC=CCCCCCCCCNC(=O)NCCC. The molecule has 0 aliphatic heterocycles. The quantitative estimate of drug-likeness (QED) is 0.208. The summed E-state index contributed by atoms with van der Waals surface area (Å²) < 4.78 is 0. The van der Waals surface area contributed by atoms with Crippen molar-refractivity contribution in [3.63, 3.8) is 0 Å². The number of hydrogen-bond donors (Lipinski definition) is 2. The van der Waals surface area contributed by atoms with Crippen LogP contribution >= 0.6 is 0 Å². The Bertz CT molecular complexity index is 302. The lowest BCUT2D eigenvalue weighted by Crippen LogP contribution is -2.36. The van der Waals surface area contributed by atoms with E-state index in [1.807, 2.05) is 0 Å². The molecule has 148 valence electrons. The number of unbranched alkanes of at least 4 members (excludes halogenated alkanes) is 12. The fourth-order valence-electron chi connectivity index (χ4n) is 2.88. The molecule has 0 aliphatic rings. The van der Waals surface area contributed by atoms with Crippen molar-refractivity contribution >= 4 is 6.03 Å². The molecule has 0 bridgehead atoms. The number of hydrogen-bond acceptors (Lipinski definition) is 1. The van der Waals surface area contributed by atoms with Crippen LogP contribution in [0.1, 0.15) is 110 Å². The van der Waals surface area contributed by atoms with E-state index in [2.05, 4.69) is 36.6 Å². The summed E-state index contributed by atoms with van der Waals surface area (Å²) in [5.74, 6) is 0. The number of amides is 2. The topological polar surface area (TPSA) is 41.1 Å². The Balaban J connectivity index is 3.13. The number of nitrogens with one attached hydrogen (secondary N) is 2. The van der Waals surface area contributed by atoms with Gasteiger partial charge in [-0.15, -0.1) is 0 Å². The lowest BCUT2D eigenvalue weighted by Gasteiger charge is -2.06. The van der Waals surface area contributed by atoms with E-state index < -0.39 is 0 Å². The molecule has 0 unspecified atom stereocenters. The molecule has 0 atom stereocenters. The molecule has 0 aliphatic carbocycles. The van der Waals surface area contributed by atoms with Gasteiger partial charge in [0.25, 0.3) is 0 Å². The molecule has 3 nitrogen and oxygen atoms in total. The molecule has 0 heterocycles. The second-order valence-electron chi connectivity index (χ2n) is 7.12. The summed E-state index contributed by atoms with van der Waals surface area (Å²) >= 11 is 0. The van der Waals surface area contributed by atoms with Gasteiger partial charge in [0.2, 0.25) is 0 Å². The number of urea groups is 1. The van der Waals surface area contributed by atoms with E-state index in [0.717, 1.165) is 25.9 Å². The van der Waals surface area contributed by atoms with Crippen LogP contribution in [0.2, 0.25) is 0 Å². The van der Waals surface area contributed by atoms with E-state index in [9.17, 15) is 4.79 Å². The van der Waals surface area contributed by atoms with E-state index in [4.69, 9.17) is 0 Å². The standard InChI is InChI=1S/C22H44N2O/c1-3-5-6-7-8-9-10-11-12-13-14-15-16-17-18-19-21-24-22(25)23-20-4-2/h11-12H,3-10,13-21H2,1-2H3,(H2,23,24,25). The highest BCUT2D eigenvalue weighted by atomic mass is 16.2. The van der Waals surface area contributed by atoms with E-state index in [0.29, 0.717) is 0 Å². The molecular formula is C22H44N2O. The van der Waals surface area contributed by atoms with Crippen LogP contribution in [0.4, 0.5) is 4.79 Å². The van der Waals surface area contributed by atoms with E-state index in [-0.39, 0.29) is 6.03 Å². The summed E-state index contributed by atoms with van der Waals surface area (Å²) in [7, 11) is 0. The first kappa shape index (κ1) is 24.0. The van der Waals surface area contributed by atoms with Gasteiger partial charge in [0.05, 0.1) is 0 Å². The average Bonchev–Trinajstić information content (AvgIpc) is 2.62. The molecule has 25 heavy (non-hydrogen) atoms. The van der Waals surface area contributed by atoms with Gasteiger partial charge in [-0.05, 0) is 38.5 Å². The summed E-state index contributed by atoms with van der Waals surface area (Å²) in [6.45, 7) is 5.90. The van der Waals surface area contributed by atoms with Crippen LogP contribution in [0.3, 0.4) is 0 Å². The van der Waals surface area contributed by atoms with Crippen molar-refractivity contribution in [1.82, 2.24) is 10.6 Å². The Morgan fingerprint density at radius 1 is 0.600 bits per heavy atom. The van der Waals surface area contributed by atoms with Gasteiger partial charge < -0.3 is 10.6 Å². The molecule has 0 spiro atoms. The van der Waals surface area contributed by atoms with Gasteiger partial charge in [-0.1, -0.05) is 83.8 Å². The third kappa shape index (κ3) is 21.0. The molecule has 0 fully saturated rings. The minimum absolute atomic E-state index is 0.0189. The van der Waals surface area contributed by atoms with Crippen molar-refractivity contribution in [1.29, 1.82) is 0 Å². The highest BCUT2D eigenvalue weighted by Gasteiger charge is 1.97. The highest BCUT2D eigenvalue weighted by molar-refractivity contribution is 5.73. The molecule has 2 amide bonds. The Hall–Kier alpha value is -0.990. The zero-order chi connectivity index (χ0) is 18.4. The van der Waals surface area contributed by atoms with Gasteiger partial charge >= 0.3 is 6.03 Å². The van der Waals surface area contributed by atoms with Gasteiger partial charge in [-0.2, -0.15) is 0 Å². The van der Waals surface area contributed by atoms with Crippen molar-refractivity contribution < 1.29 is 4.79 Å². The van der Waals surface area contributed by atoms with Crippen LogP contribution < -0.4 is 10.6 Å². The number of rotatable bonds is 18. The van der Waals surface area contributed by atoms with E-state index in [1.165, 1.54) is 83.5 Å². The minimum Gasteiger partial charge on any atom is -0.338 e. The first-order valence-corrected chi connectivity index (χ1v) is 11.0. The molecule has 2 N–H and O–H groups in total. The van der Waals surface area contributed by atoms with Crippen LogP contribution in [-0.2, 0) is 0 Å². The van der Waals surface area contributed by atoms with Gasteiger partial charge in [-0.25, -0.2) is 4.79 Å². The van der Waals surface area contributed by atoms with Crippen LogP contribution in [0.25, 0.3) is 0 Å². The molecule has 0 aromatic carbocycles. The van der Waals surface area contributed by atoms with Crippen molar-refractivity contribution in [2.75, 3.05) is 13.1 Å². The Kier molecular flexibility index (Phi) is 20.2. The molecule has 0 rings (SSSR count). The highest BCUT2D eigenvalue weighted by Crippen LogP contribution is 2.09. The van der Waals surface area contributed by atoms with Crippen LogP contribution in [0.15, 0.2) is 12.2 Å². The Labute approximate surface area is 157 Å². The van der Waals surface area contributed by atoms with Crippen molar-refractivity contribution in [2.24, 2.45) is 0 Å². The molecule has 0 radical (unpaired) electrons. The summed E-state index contributed by atoms with van der Waals surface area (Å²) in [4.78, 5) is 11.3. The minimum atomic E-state index is -0.0189. The van der Waals surface area contributed by atoms with Crippen molar-refractivity contribution in [3.8, 4) is 0 Å². The third-order valence-electron chi connectivity index (χ3n) is 4.51. The summed E-state index contributed by atoms with van der Waals surface area (Å²) in [6, 6.07) is -0.0189. The van der Waals surface area contributed by atoms with Crippen LogP contribution in [0.5, 0.6) is 0 Å². The Morgan fingerprint density at radius 2 is 1.08 bits per heavy atom. The lowest BCUT2D eigenvalue weighted by molar-refractivity contribution is 0.240. The molecule has 0 aromatic rings. The number of carbonyl (C=O) groups is 1. The Morgan fingerprint density at radius 3 is 1.64 bits per heavy atom. The second kappa shape index (κ2) is 21.1. The van der Waals surface area contributed by atoms with Crippen LogP contribution in [-0.4, -0.2) is 19.1 Å². The zero-order valence-electron chi connectivity index (χ0n) is 17.1. The summed E-state index contributed by atoms with van der Waals surface area (Å²) in [5.41, 5.74) is 0. The van der Waals surface area contributed by atoms with Crippen molar-refractivity contribution in [2.45, 2.75) is 110 Å². The summed E-state index contributed by atoms with van der Waals surface area (Å²) in [5, 5.41) is 5.74. The smallest absolute Gasteiger partial charge is 0.314 e. The second-order valence-corrected chi connectivity index (χ2v) is 7.12. The van der Waals surface area contributed by atoms with E-state index >= 15 is 0 Å². The molecule has 0 saturated carbocycles. The maximum absolute atomic E-state index is 11.3. The average molecular weight is 353 g/mol.